The van der Waals surface area contributed by atoms with Crippen molar-refractivity contribution in [2.75, 3.05) is 0 Å². The molecule has 0 rings (SSSR count). The number of carbonyl (C=O) groups is 6. The number of carboxylic acid groups (broad SMARTS) is 2. The molecule has 4 unspecified atom stereocenters. The molecule has 0 aliphatic heterocycles. The van der Waals surface area contributed by atoms with Gasteiger partial charge in [-0.1, -0.05) is 13.8 Å². The monoisotopic (exact) mass is 445 g/mol. The van der Waals surface area contributed by atoms with Crippen molar-refractivity contribution in [2.24, 2.45) is 17.4 Å². The Bertz CT molecular complexity index is 696. The highest BCUT2D eigenvalue weighted by atomic mass is 16.4. The molecular weight excluding hydrogens is 414 g/mol. The van der Waals surface area contributed by atoms with Gasteiger partial charge in [-0.3, -0.25) is 24.0 Å². The van der Waals surface area contributed by atoms with Gasteiger partial charge in [0.2, 0.25) is 23.6 Å². The quantitative estimate of drug-likeness (QED) is 0.151. The maximum absolute atomic E-state index is 12.6. The number of hydrogen-bond donors (Lipinski definition) is 7. The molecule has 0 aliphatic rings. The number of carbonyl (C=O) groups excluding carboxylic acids is 4. The second-order valence-corrected chi connectivity index (χ2v) is 7.53. The van der Waals surface area contributed by atoms with Gasteiger partial charge in [-0.25, -0.2) is 4.79 Å². The van der Waals surface area contributed by atoms with Crippen LogP contribution in [-0.4, -0.2) is 69.9 Å². The normalized spacial score (nSPS) is 14.6. The van der Waals surface area contributed by atoms with Crippen LogP contribution in [0.3, 0.4) is 0 Å². The molecule has 4 amide bonds. The molecule has 13 heteroatoms. The molecule has 31 heavy (non-hydrogen) atoms. The van der Waals surface area contributed by atoms with Gasteiger partial charge in [-0.15, -0.1) is 0 Å². The van der Waals surface area contributed by atoms with Crippen molar-refractivity contribution < 1.29 is 39.0 Å². The molecule has 176 valence electrons. The lowest BCUT2D eigenvalue weighted by Gasteiger charge is -2.24. The van der Waals surface area contributed by atoms with Crippen LogP contribution in [0.25, 0.3) is 0 Å². The van der Waals surface area contributed by atoms with E-state index in [9.17, 15) is 33.9 Å². The molecule has 0 heterocycles. The lowest BCUT2D eigenvalue weighted by Crippen LogP contribution is -2.56. The summed E-state index contributed by atoms with van der Waals surface area (Å²) in [4.78, 5) is 69.7. The third-order valence-corrected chi connectivity index (χ3v) is 4.11. The third-order valence-electron chi connectivity index (χ3n) is 4.11. The summed E-state index contributed by atoms with van der Waals surface area (Å²) in [6.45, 7) is 4.89. The molecule has 0 aromatic heterocycles. The van der Waals surface area contributed by atoms with Gasteiger partial charge in [0, 0.05) is 6.42 Å². The van der Waals surface area contributed by atoms with Crippen molar-refractivity contribution >= 4 is 35.6 Å². The van der Waals surface area contributed by atoms with Crippen LogP contribution in [0, 0.1) is 5.92 Å². The van der Waals surface area contributed by atoms with Gasteiger partial charge < -0.3 is 37.6 Å². The summed E-state index contributed by atoms with van der Waals surface area (Å²) in [6.07, 6.45) is -1.05. The van der Waals surface area contributed by atoms with E-state index >= 15 is 0 Å². The second-order valence-electron chi connectivity index (χ2n) is 7.53. The Balaban J connectivity index is 5.13. The van der Waals surface area contributed by atoms with Crippen molar-refractivity contribution in [3.05, 3.63) is 0 Å². The second kappa shape index (κ2) is 13.2. The van der Waals surface area contributed by atoms with E-state index in [4.69, 9.17) is 16.6 Å². The van der Waals surface area contributed by atoms with E-state index in [-0.39, 0.29) is 18.8 Å². The summed E-state index contributed by atoms with van der Waals surface area (Å²) >= 11 is 0. The Labute approximate surface area is 179 Å². The predicted molar refractivity (Wildman–Crippen MR) is 107 cm³/mol. The first kappa shape index (κ1) is 27.8. The maximum Gasteiger partial charge on any atom is 0.326 e. The highest BCUT2D eigenvalue weighted by Gasteiger charge is 2.29. The van der Waals surface area contributed by atoms with Crippen molar-refractivity contribution in [3.8, 4) is 0 Å². The average Bonchev–Trinajstić information content (AvgIpc) is 2.62. The molecule has 9 N–H and O–H groups in total. The van der Waals surface area contributed by atoms with Crippen molar-refractivity contribution in [2.45, 2.75) is 70.6 Å². The molecule has 4 atom stereocenters. The van der Waals surface area contributed by atoms with E-state index in [1.54, 1.807) is 13.8 Å². The number of amides is 4. The SMILES string of the molecule is CC(C)CC(NC(=O)C(C)NC(=O)C(N)CC(N)=O)C(=O)NC(CCC(=O)O)C(=O)O. The minimum absolute atomic E-state index is 0.0627. The van der Waals surface area contributed by atoms with E-state index < -0.39 is 72.6 Å². The molecule has 0 aromatic carbocycles. The Morgan fingerprint density at radius 2 is 1.39 bits per heavy atom. The molecule has 0 saturated carbocycles. The lowest BCUT2D eigenvalue weighted by atomic mass is 10.0. The van der Waals surface area contributed by atoms with E-state index in [1.807, 2.05) is 0 Å². The fourth-order valence-electron chi connectivity index (χ4n) is 2.49. The first-order valence-electron chi connectivity index (χ1n) is 9.64. The van der Waals surface area contributed by atoms with E-state index in [0.717, 1.165) is 0 Å². The molecule has 0 aromatic rings. The largest absolute Gasteiger partial charge is 0.481 e. The van der Waals surface area contributed by atoms with Crippen LogP contribution in [0.4, 0.5) is 0 Å². The third kappa shape index (κ3) is 11.5. The molecule has 13 nitrogen and oxygen atoms in total. The molecule has 0 fully saturated rings. The van der Waals surface area contributed by atoms with Crippen LogP contribution in [0.5, 0.6) is 0 Å². The Morgan fingerprint density at radius 3 is 1.84 bits per heavy atom. The van der Waals surface area contributed by atoms with Gasteiger partial charge in [0.15, 0.2) is 0 Å². The summed E-state index contributed by atoms with van der Waals surface area (Å²) in [6, 6.07) is -4.93. The number of nitrogens with two attached hydrogens (primary N) is 2. The smallest absolute Gasteiger partial charge is 0.326 e. The zero-order chi connectivity index (χ0) is 24.3. The van der Waals surface area contributed by atoms with E-state index in [1.165, 1.54) is 6.92 Å². The summed E-state index contributed by atoms with van der Waals surface area (Å²) in [7, 11) is 0. The summed E-state index contributed by atoms with van der Waals surface area (Å²) in [5.41, 5.74) is 10.5. The van der Waals surface area contributed by atoms with Crippen molar-refractivity contribution in [1.82, 2.24) is 16.0 Å². The van der Waals surface area contributed by atoms with Crippen molar-refractivity contribution in [3.63, 3.8) is 0 Å². The Morgan fingerprint density at radius 1 is 0.839 bits per heavy atom. The van der Waals surface area contributed by atoms with Gasteiger partial charge in [-0.2, -0.15) is 0 Å². The Hall–Kier alpha value is -3.22. The molecule has 0 saturated heterocycles. The summed E-state index contributed by atoms with van der Waals surface area (Å²) < 4.78 is 0. The van der Waals surface area contributed by atoms with Gasteiger partial charge in [0.05, 0.1) is 12.5 Å². The summed E-state index contributed by atoms with van der Waals surface area (Å²) in [5, 5.41) is 24.9. The minimum atomic E-state index is -1.45. The lowest BCUT2D eigenvalue weighted by molar-refractivity contribution is -0.143. The summed E-state index contributed by atoms with van der Waals surface area (Å²) in [5.74, 6) is -5.80. The predicted octanol–water partition coefficient (Wildman–Crippen LogP) is -2.34. The molecule has 0 bridgehead atoms. The first-order valence-corrected chi connectivity index (χ1v) is 9.64. The highest BCUT2D eigenvalue weighted by molar-refractivity contribution is 5.94. The van der Waals surface area contributed by atoms with Crippen molar-refractivity contribution in [1.29, 1.82) is 0 Å². The molecular formula is C18H31N5O8. The van der Waals surface area contributed by atoms with Gasteiger partial charge >= 0.3 is 11.9 Å². The molecule has 0 radical (unpaired) electrons. The van der Waals surface area contributed by atoms with Crippen LogP contribution in [-0.2, 0) is 28.8 Å². The van der Waals surface area contributed by atoms with Gasteiger partial charge in [0.1, 0.15) is 18.1 Å². The maximum atomic E-state index is 12.6. The van der Waals surface area contributed by atoms with Gasteiger partial charge in [0.25, 0.3) is 0 Å². The number of carboxylic acids is 2. The van der Waals surface area contributed by atoms with Crippen LogP contribution < -0.4 is 27.4 Å². The van der Waals surface area contributed by atoms with E-state index in [0.29, 0.717) is 0 Å². The van der Waals surface area contributed by atoms with Crippen LogP contribution in [0.2, 0.25) is 0 Å². The number of rotatable bonds is 14. The van der Waals surface area contributed by atoms with Crippen LogP contribution in [0.1, 0.15) is 46.5 Å². The zero-order valence-electron chi connectivity index (χ0n) is 17.7. The fraction of sp³-hybridized carbons (Fsp3) is 0.667. The fourth-order valence-corrected chi connectivity index (χ4v) is 2.49. The van der Waals surface area contributed by atoms with Crippen LogP contribution in [0.15, 0.2) is 0 Å². The highest BCUT2D eigenvalue weighted by Crippen LogP contribution is 2.07. The topological polar surface area (TPSA) is 231 Å². The molecule has 0 spiro atoms. The molecule has 0 aliphatic carbocycles. The number of aliphatic carboxylic acids is 2. The average molecular weight is 445 g/mol. The van der Waals surface area contributed by atoms with Crippen LogP contribution >= 0.6 is 0 Å². The number of primary amides is 1. The Kier molecular flexibility index (Phi) is 11.8. The first-order chi connectivity index (χ1) is 14.2. The van der Waals surface area contributed by atoms with Gasteiger partial charge in [-0.05, 0) is 25.7 Å². The zero-order valence-corrected chi connectivity index (χ0v) is 17.7. The van der Waals surface area contributed by atoms with E-state index in [2.05, 4.69) is 16.0 Å². The number of hydrogen-bond acceptors (Lipinski definition) is 7. The standard InChI is InChI=1S/C18H31N5O8/c1-8(2)6-12(17(29)22-11(18(30)31)4-5-14(25)26)23-15(27)9(3)21-16(28)10(19)7-13(20)24/h8-12H,4-7,19H2,1-3H3,(H2,20,24)(H,21,28)(H,22,29)(H,23,27)(H,25,26)(H,30,31). The minimum Gasteiger partial charge on any atom is -0.481 e. The number of nitrogens with one attached hydrogen (secondary N) is 3.